The summed E-state index contributed by atoms with van der Waals surface area (Å²) in [5.74, 6) is -0.199. The highest BCUT2D eigenvalue weighted by atomic mass is 16.2. The Hall–Kier alpha value is -2.68. The molecule has 110 valence electrons. The molecule has 2 aromatic rings. The first-order valence-electron chi connectivity index (χ1n) is 7.27. The summed E-state index contributed by atoms with van der Waals surface area (Å²) in [7, 11) is 0. The van der Waals surface area contributed by atoms with Gasteiger partial charge >= 0.3 is 0 Å². The lowest BCUT2D eigenvalue weighted by molar-refractivity contribution is -0.127. The summed E-state index contributed by atoms with van der Waals surface area (Å²) in [6.45, 7) is 7.72. The maximum atomic E-state index is 12.2. The molecular weight excluding hydrogens is 272 g/mol. The standard InChI is InChI=1S/C19H18N2O/c1-4-18(22)21-19(16-10-13(2)9-14(3)11-16)17-8-6-5-7-15(17)12-20-21/h4-12,19H,1H2,2-3H3. The van der Waals surface area contributed by atoms with Crippen LogP contribution in [0.25, 0.3) is 0 Å². The van der Waals surface area contributed by atoms with E-state index in [0.29, 0.717) is 0 Å². The highest BCUT2D eigenvalue weighted by Crippen LogP contribution is 2.34. The molecule has 0 fully saturated rings. The number of benzene rings is 2. The minimum absolute atomic E-state index is 0.199. The molecule has 0 spiro atoms. The van der Waals surface area contributed by atoms with E-state index in [1.807, 2.05) is 24.3 Å². The van der Waals surface area contributed by atoms with Gasteiger partial charge in [0.05, 0.1) is 6.21 Å². The first-order valence-corrected chi connectivity index (χ1v) is 7.27. The quantitative estimate of drug-likeness (QED) is 0.775. The Labute approximate surface area is 130 Å². The molecule has 1 unspecified atom stereocenters. The third kappa shape index (κ3) is 2.46. The Morgan fingerprint density at radius 1 is 1.18 bits per heavy atom. The lowest BCUT2D eigenvalue weighted by atomic mass is 9.91. The Bertz CT molecular complexity index is 757. The van der Waals surface area contributed by atoms with E-state index in [1.165, 1.54) is 22.2 Å². The Morgan fingerprint density at radius 2 is 1.86 bits per heavy atom. The van der Waals surface area contributed by atoms with Gasteiger partial charge in [0.25, 0.3) is 5.91 Å². The SMILES string of the molecule is C=CC(=O)N1N=Cc2ccccc2C1c1cc(C)cc(C)c1. The van der Waals surface area contributed by atoms with Crippen molar-refractivity contribution in [2.24, 2.45) is 5.10 Å². The maximum Gasteiger partial charge on any atom is 0.266 e. The van der Waals surface area contributed by atoms with Crippen molar-refractivity contribution < 1.29 is 4.79 Å². The summed E-state index contributed by atoms with van der Waals surface area (Å²) in [5, 5.41) is 5.85. The lowest BCUT2D eigenvalue weighted by Gasteiger charge is -2.32. The van der Waals surface area contributed by atoms with E-state index in [9.17, 15) is 4.79 Å². The summed E-state index contributed by atoms with van der Waals surface area (Å²) >= 11 is 0. The molecule has 0 saturated carbocycles. The predicted octanol–water partition coefficient (Wildman–Crippen LogP) is 3.75. The number of hydrazone groups is 1. The van der Waals surface area contributed by atoms with Crippen molar-refractivity contribution >= 4 is 12.1 Å². The van der Waals surface area contributed by atoms with Crippen molar-refractivity contribution in [3.8, 4) is 0 Å². The molecule has 0 bridgehead atoms. The van der Waals surface area contributed by atoms with Crippen molar-refractivity contribution in [3.05, 3.63) is 82.9 Å². The zero-order valence-corrected chi connectivity index (χ0v) is 12.8. The third-order valence-corrected chi connectivity index (χ3v) is 3.82. The summed E-state index contributed by atoms with van der Waals surface area (Å²) in [5.41, 5.74) is 5.54. The number of hydrogen-bond donors (Lipinski definition) is 0. The maximum absolute atomic E-state index is 12.2. The van der Waals surface area contributed by atoms with Crippen LogP contribution in [0.1, 0.15) is 33.9 Å². The van der Waals surface area contributed by atoms with Gasteiger partial charge in [-0.2, -0.15) is 5.10 Å². The van der Waals surface area contributed by atoms with Gasteiger partial charge in [-0.1, -0.05) is 60.2 Å². The molecule has 0 aliphatic carbocycles. The first kappa shape index (κ1) is 14.3. The molecule has 3 heteroatoms. The number of amides is 1. The molecule has 1 amide bonds. The number of rotatable bonds is 2. The number of aryl methyl sites for hydroxylation is 2. The minimum Gasteiger partial charge on any atom is -0.268 e. The predicted molar refractivity (Wildman–Crippen MR) is 88.8 cm³/mol. The fourth-order valence-corrected chi connectivity index (χ4v) is 2.97. The van der Waals surface area contributed by atoms with E-state index in [-0.39, 0.29) is 11.9 Å². The van der Waals surface area contributed by atoms with Crippen LogP contribution in [0.3, 0.4) is 0 Å². The number of fused-ring (bicyclic) bond motifs is 1. The zero-order valence-electron chi connectivity index (χ0n) is 12.8. The first-order chi connectivity index (χ1) is 10.6. The van der Waals surface area contributed by atoms with Gasteiger partial charge in [0.2, 0.25) is 0 Å². The normalized spacial score (nSPS) is 16.3. The number of hydrogen-bond acceptors (Lipinski definition) is 2. The summed E-state index contributed by atoms with van der Waals surface area (Å²) in [6, 6.07) is 14.2. The van der Waals surface area contributed by atoms with E-state index in [2.05, 4.69) is 43.7 Å². The number of nitrogens with zero attached hydrogens (tertiary/aromatic N) is 2. The molecule has 3 nitrogen and oxygen atoms in total. The van der Waals surface area contributed by atoms with Gasteiger partial charge in [0.15, 0.2) is 0 Å². The summed E-state index contributed by atoms with van der Waals surface area (Å²) < 4.78 is 0. The topological polar surface area (TPSA) is 32.7 Å². The molecule has 0 aromatic heterocycles. The smallest absolute Gasteiger partial charge is 0.266 e. The molecular formula is C19H18N2O. The lowest BCUT2D eigenvalue weighted by Crippen LogP contribution is -2.33. The second kappa shape index (κ2) is 5.60. The van der Waals surface area contributed by atoms with Gasteiger partial charge < -0.3 is 0 Å². The van der Waals surface area contributed by atoms with Crippen LogP contribution in [0.2, 0.25) is 0 Å². The molecule has 3 rings (SSSR count). The Morgan fingerprint density at radius 3 is 2.55 bits per heavy atom. The van der Waals surface area contributed by atoms with Gasteiger partial charge in [-0.3, -0.25) is 4.79 Å². The zero-order chi connectivity index (χ0) is 15.7. The van der Waals surface area contributed by atoms with Gasteiger partial charge in [0, 0.05) is 5.56 Å². The van der Waals surface area contributed by atoms with Crippen molar-refractivity contribution in [1.82, 2.24) is 5.01 Å². The second-order valence-corrected chi connectivity index (χ2v) is 5.58. The number of carbonyl (C=O) groups excluding carboxylic acids is 1. The van der Waals surface area contributed by atoms with Crippen molar-refractivity contribution in [1.29, 1.82) is 0 Å². The fraction of sp³-hybridized carbons (Fsp3) is 0.158. The van der Waals surface area contributed by atoms with Crippen LogP contribution in [0, 0.1) is 13.8 Å². The highest BCUT2D eigenvalue weighted by Gasteiger charge is 2.29. The third-order valence-electron chi connectivity index (χ3n) is 3.82. The van der Waals surface area contributed by atoms with Gasteiger partial charge in [-0.25, -0.2) is 5.01 Å². The van der Waals surface area contributed by atoms with Crippen LogP contribution in [-0.2, 0) is 4.79 Å². The summed E-state index contributed by atoms with van der Waals surface area (Å²) in [4.78, 5) is 12.2. The Balaban J connectivity index is 2.20. The van der Waals surface area contributed by atoms with Crippen LogP contribution in [0.15, 0.2) is 60.2 Å². The van der Waals surface area contributed by atoms with Crippen molar-refractivity contribution in [2.75, 3.05) is 0 Å². The van der Waals surface area contributed by atoms with E-state index in [4.69, 9.17) is 0 Å². The summed E-state index contributed by atoms with van der Waals surface area (Å²) in [6.07, 6.45) is 3.04. The second-order valence-electron chi connectivity index (χ2n) is 5.58. The molecule has 1 heterocycles. The molecule has 2 aromatic carbocycles. The van der Waals surface area contributed by atoms with E-state index >= 15 is 0 Å². The number of carbonyl (C=O) groups is 1. The molecule has 1 atom stereocenters. The van der Waals surface area contributed by atoms with E-state index in [1.54, 1.807) is 6.21 Å². The molecule has 1 aliphatic rings. The molecule has 0 radical (unpaired) electrons. The van der Waals surface area contributed by atoms with Gasteiger partial charge in [-0.15, -0.1) is 0 Å². The van der Waals surface area contributed by atoms with Crippen LogP contribution in [0.4, 0.5) is 0 Å². The van der Waals surface area contributed by atoms with Crippen LogP contribution in [0.5, 0.6) is 0 Å². The van der Waals surface area contributed by atoms with Gasteiger partial charge in [-0.05, 0) is 31.1 Å². The average Bonchev–Trinajstić information content (AvgIpc) is 2.52. The molecule has 22 heavy (non-hydrogen) atoms. The largest absolute Gasteiger partial charge is 0.268 e. The average molecular weight is 290 g/mol. The molecule has 0 N–H and O–H groups in total. The van der Waals surface area contributed by atoms with Crippen LogP contribution in [-0.4, -0.2) is 17.1 Å². The van der Waals surface area contributed by atoms with E-state index < -0.39 is 0 Å². The van der Waals surface area contributed by atoms with Crippen LogP contribution < -0.4 is 0 Å². The van der Waals surface area contributed by atoms with Crippen molar-refractivity contribution in [3.63, 3.8) is 0 Å². The molecule has 0 saturated heterocycles. The minimum atomic E-state index is -0.217. The van der Waals surface area contributed by atoms with Gasteiger partial charge in [0.1, 0.15) is 6.04 Å². The Kier molecular flexibility index (Phi) is 3.63. The highest BCUT2D eigenvalue weighted by molar-refractivity contribution is 5.91. The van der Waals surface area contributed by atoms with E-state index in [0.717, 1.165) is 16.7 Å². The molecule has 1 aliphatic heterocycles. The van der Waals surface area contributed by atoms with Crippen molar-refractivity contribution in [2.45, 2.75) is 19.9 Å². The fourth-order valence-electron chi connectivity index (χ4n) is 2.97. The van der Waals surface area contributed by atoms with Crippen LogP contribution >= 0.6 is 0 Å². The monoisotopic (exact) mass is 290 g/mol.